The maximum atomic E-state index is 13.1. The summed E-state index contributed by atoms with van der Waals surface area (Å²) in [5.41, 5.74) is -1.72. The molecule has 0 heterocycles. The van der Waals surface area contributed by atoms with Gasteiger partial charge in [-0.05, 0) is 31.5 Å². The SMILES string of the molecule is [2H]C([2H])([2H])CN(CC#CC([2H])([2H])OC(=O)C(O)(c1ccccc1)C1CCCCC1)CC([2H])([2H])[2H]. The summed E-state index contributed by atoms with van der Waals surface area (Å²) >= 11 is 0. The molecule has 0 aromatic heterocycles. The molecule has 4 heteroatoms. The van der Waals surface area contributed by atoms with Crippen molar-refractivity contribution < 1.29 is 25.6 Å². The predicted octanol–water partition coefficient (Wildman–Crippen LogP) is 3.34. The highest BCUT2D eigenvalue weighted by atomic mass is 16.5. The molecule has 1 aliphatic rings. The van der Waals surface area contributed by atoms with E-state index in [1.165, 1.54) is 0 Å². The van der Waals surface area contributed by atoms with Gasteiger partial charge in [0.05, 0.1) is 9.29 Å². The summed E-state index contributed by atoms with van der Waals surface area (Å²) in [7, 11) is 0. The summed E-state index contributed by atoms with van der Waals surface area (Å²) in [6.45, 7) is -9.06. The van der Waals surface area contributed by atoms with Crippen LogP contribution < -0.4 is 0 Å². The van der Waals surface area contributed by atoms with Crippen LogP contribution in [0.4, 0.5) is 0 Å². The maximum absolute atomic E-state index is 13.1. The third kappa shape index (κ3) is 5.09. The van der Waals surface area contributed by atoms with Crippen LogP contribution in [0.15, 0.2) is 30.3 Å². The highest BCUT2D eigenvalue weighted by Crippen LogP contribution is 2.40. The quantitative estimate of drug-likeness (QED) is 0.595. The van der Waals surface area contributed by atoms with Crippen LogP contribution in [0.3, 0.4) is 0 Å². The third-order valence-electron chi connectivity index (χ3n) is 4.75. The highest BCUT2D eigenvalue weighted by molar-refractivity contribution is 5.81. The van der Waals surface area contributed by atoms with Gasteiger partial charge in [0, 0.05) is 14.1 Å². The molecule has 1 atom stereocenters. The number of hydrogen-bond acceptors (Lipinski definition) is 4. The van der Waals surface area contributed by atoms with Gasteiger partial charge in [-0.15, -0.1) is 0 Å². The van der Waals surface area contributed by atoms with Crippen LogP contribution in [0.2, 0.25) is 0 Å². The molecule has 1 fully saturated rings. The topological polar surface area (TPSA) is 49.8 Å². The Morgan fingerprint density at radius 3 is 2.62 bits per heavy atom. The molecular weight excluding hydrogens is 326 g/mol. The zero-order valence-electron chi connectivity index (χ0n) is 22.8. The van der Waals surface area contributed by atoms with Crippen LogP contribution in [-0.4, -0.2) is 42.2 Å². The molecule has 1 unspecified atom stereocenters. The highest BCUT2D eigenvalue weighted by Gasteiger charge is 2.46. The van der Waals surface area contributed by atoms with E-state index in [4.69, 9.17) is 15.7 Å². The number of nitrogens with zero attached hydrogens (tertiary/aromatic N) is 1. The van der Waals surface area contributed by atoms with Gasteiger partial charge in [-0.25, -0.2) is 4.79 Å². The Morgan fingerprint density at radius 1 is 1.27 bits per heavy atom. The Labute approximate surface area is 168 Å². The predicted molar refractivity (Wildman–Crippen MR) is 103 cm³/mol. The lowest BCUT2D eigenvalue weighted by Gasteiger charge is -2.36. The van der Waals surface area contributed by atoms with Crippen molar-refractivity contribution >= 4 is 5.97 Å². The van der Waals surface area contributed by atoms with Gasteiger partial charge in [0.1, 0.15) is 0 Å². The molecule has 0 radical (unpaired) electrons. The van der Waals surface area contributed by atoms with E-state index in [1.807, 2.05) is 0 Å². The fourth-order valence-electron chi connectivity index (χ4n) is 3.24. The molecule has 0 amide bonds. The summed E-state index contributed by atoms with van der Waals surface area (Å²) in [6.07, 6.45) is 3.85. The van der Waals surface area contributed by atoms with Crippen molar-refractivity contribution in [2.45, 2.75) is 51.4 Å². The summed E-state index contributed by atoms with van der Waals surface area (Å²) in [5.74, 6) is 2.95. The molecule has 142 valence electrons. The molecule has 0 saturated heterocycles. The number of hydrogen-bond donors (Lipinski definition) is 1. The average molecular weight is 366 g/mol. The van der Waals surface area contributed by atoms with E-state index < -0.39 is 50.8 Å². The number of benzene rings is 1. The van der Waals surface area contributed by atoms with Crippen LogP contribution >= 0.6 is 0 Å². The number of carbonyl (C=O) groups excluding carboxylic acids is 1. The zero-order chi connectivity index (χ0) is 25.6. The minimum absolute atomic E-state index is 0.317. The van der Waals surface area contributed by atoms with Gasteiger partial charge < -0.3 is 9.84 Å². The van der Waals surface area contributed by atoms with Gasteiger partial charge in [-0.1, -0.05) is 75.1 Å². The average Bonchev–Trinajstić information content (AvgIpc) is 2.71. The van der Waals surface area contributed by atoms with Gasteiger partial charge >= 0.3 is 5.97 Å². The Balaban J connectivity index is 2.19. The van der Waals surface area contributed by atoms with Gasteiger partial charge in [0.2, 0.25) is 0 Å². The fourth-order valence-corrected chi connectivity index (χ4v) is 3.24. The number of ether oxygens (including phenoxy) is 1. The first-order chi connectivity index (χ1) is 15.6. The van der Waals surface area contributed by atoms with Crippen LogP contribution in [0.5, 0.6) is 0 Å². The first kappa shape index (κ1) is 11.8. The largest absolute Gasteiger partial charge is 0.450 e. The molecule has 2 rings (SSSR count). The molecule has 26 heavy (non-hydrogen) atoms. The van der Waals surface area contributed by atoms with Crippen molar-refractivity contribution in [2.75, 3.05) is 26.2 Å². The fraction of sp³-hybridized carbons (Fsp3) is 0.591. The molecule has 1 N–H and O–H groups in total. The second-order valence-electron chi connectivity index (χ2n) is 6.41. The molecule has 1 aliphatic carbocycles. The number of rotatable bonds is 7. The molecule has 1 aromatic rings. The molecule has 0 bridgehead atoms. The molecule has 1 aromatic carbocycles. The van der Waals surface area contributed by atoms with E-state index in [2.05, 4.69) is 11.8 Å². The second-order valence-corrected chi connectivity index (χ2v) is 6.41. The lowest BCUT2D eigenvalue weighted by molar-refractivity contribution is -0.174. The summed E-state index contributed by atoms with van der Waals surface area (Å²) < 4.78 is 65.2. The number of esters is 1. The van der Waals surface area contributed by atoms with E-state index in [-0.39, 0.29) is 6.54 Å². The Bertz CT molecular complexity index is 854. The van der Waals surface area contributed by atoms with Crippen LogP contribution in [0.25, 0.3) is 0 Å². The minimum atomic E-state index is -2.78. The normalized spacial score (nSPS) is 23.3. The van der Waals surface area contributed by atoms with Crippen LogP contribution in [0.1, 0.15) is 62.3 Å². The van der Waals surface area contributed by atoms with Crippen molar-refractivity contribution in [2.24, 2.45) is 5.92 Å². The Hall–Kier alpha value is -1.83. The summed E-state index contributed by atoms with van der Waals surface area (Å²) in [4.78, 5) is 14.2. The van der Waals surface area contributed by atoms with Crippen molar-refractivity contribution in [1.82, 2.24) is 4.90 Å². The Kier molecular flexibility index (Phi) is 4.69. The van der Waals surface area contributed by atoms with E-state index in [0.29, 0.717) is 18.4 Å². The van der Waals surface area contributed by atoms with Crippen molar-refractivity contribution in [3.8, 4) is 11.8 Å². The third-order valence-corrected chi connectivity index (χ3v) is 4.75. The van der Waals surface area contributed by atoms with Gasteiger partial charge in [-0.2, -0.15) is 0 Å². The smallest absolute Gasteiger partial charge is 0.344 e. The maximum Gasteiger partial charge on any atom is 0.344 e. The van der Waals surface area contributed by atoms with Crippen molar-refractivity contribution in [3.63, 3.8) is 0 Å². The Morgan fingerprint density at radius 2 is 1.96 bits per heavy atom. The van der Waals surface area contributed by atoms with E-state index in [9.17, 15) is 9.90 Å². The monoisotopic (exact) mass is 365 g/mol. The number of aliphatic hydroxyl groups is 1. The summed E-state index contributed by atoms with van der Waals surface area (Å²) in [5, 5.41) is 11.5. The molecule has 4 nitrogen and oxygen atoms in total. The van der Waals surface area contributed by atoms with Gasteiger partial charge in [0.15, 0.2) is 12.2 Å². The molecular formula is C22H31NO3. The lowest BCUT2D eigenvalue weighted by Crippen LogP contribution is -2.45. The van der Waals surface area contributed by atoms with Crippen molar-refractivity contribution in [1.29, 1.82) is 0 Å². The van der Waals surface area contributed by atoms with E-state index in [1.54, 1.807) is 30.3 Å². The van der Waals surface area contributed by atoms with Crippen molar-refractivity contribution in [3.05, 3.63) is 35.9 Å². The zero-order valence-corrected chi connectivity index (χ0v) is 14.8. The minimum Gasteiger partial charge on any atom is -0.450 e. The van der Waals surface area contributed by atoms with Gasteiger partial charge in [0.25, 0.3) is 0 Å². The van der Waals surface area contributed by atoms with E-state index >= 15 is 0 Å². The van der Waals surface area contributed by atoms with E-state index in [0.717, 1.165) is 24.2 Å². The number of carbonyl (C=O) groups is 1. The summed E-state index contributed by atoms with van der Waals surface area (Å²) in [6, 6.07) is 8.28. The van der Waals surface area contributed by atoms with Gasteiger partial charge in [-0.3, -0.25) is 4.90 Å². The molecule has 1 saturated carbocycles. The van der Waals surface area contributed by atoms with Crippen LogP contribution in [0, 0.1) is 17.8 Å². The first-order valence-corrected chi connectivity index (χ1v) is 8.86. The lowest BCUT2D eigenvalue weighted by atomic mass is 9.73. The molecule has 0 aliphatic heterocycles. The second kappa shape index (κ2) is 10.4. The standard InChI is InChI=1S/C22H31NO3/c1-3-23(4-2)17-11-12-18-26-21(24)22(25,19-13-7-5-8-14-19)20-15-9-6-10-16-20/h5,7-8,13-14,20,25H,3-4,6,9-10,15-18H2,1-2H3/i1D3,2D3,18D2. The first-order valence-electron chi connectivity index (χ1n) is 12.9. The molecule has 0 spiro atoms. The van der Waals surface area contributed by atoms with Crippen LogP contribution in [-0.2, 0) is 15.1 Å².